The van der Waals surface area contributed by atoms with Crippen LogP contribution in [0.15, 0.2) is 42.5 Å². The zero-order chi connectivity index (χ0) is 16.2. The van der Waals surface area contributed by atoms with Crippen LogP contribution in [-0.4, -0.2) is 26.7 Å². The van der Waals surface area contributed by atoms with Crippen LogP contribution in [0.4, 0.5) is 0 Å². The molecule has 4 heteroatoms. The molecule has 0 unspecified atom stereocenters. The molecule has 0 aromatic heterocycles. The van der Waals surface area contributed by atoms with Crippen molar-refractivity contribution in [3.8, 4) is 11.5 Å². The van der Waals surface area contributed by atoms with Gasteiger partial charge in [-0.05, 0) is 36.1 Å². The number of amides is 1. The van der Waals surface area contributed by atoms with Gasteiger partial charge in [0.25, 0.3) is 5.91 Å². The number of fused-ring (bicyclic) bond motifs is 1. The van der Waals surface area contributed by atoms with E-state index in [0.717, 1.165) is 41.0 Å². The first-order valence-corrected chi connectivity index (χ1v) is 7.81. The smallest absolute Gasteiger partial charge is 0.251 e. The number of carbonyl (C=O) groups excluding carboxylic acids is 1. The van der Waals surface area contributed by atoms with Crippen LogP contribution in [0.2, 0.25) is 0 Å². The molecule has 2 aromatic rings. The summed E-state index contributed by atoms with van der Waals surface area (Å²) in [7, 11) is 3.32. The fourth-order valence-electron chi connectivity index (χ4n) is 3.11. The van der Waals surface area contributed by atoms with Crippen molar-refractivity contribution in [1.29, 1.82) is 0 Å². The largest absolute Gasteiger partial charge is 0.493 e. The Bertz CT molecular complexity index is 712. The maximum Gasteiger partial charge on any atom is 0.251 e. The Morgan fingerprint density at radius 2 is 2.09 bits per heavy atom. The SMILES string of the molecule is CNC(=O)c1ccccc1C[C@@H]1COc2c(cccc2OC)C1. The summed E-state index contributed by atoms with van der Waals surface area (Å²) in [6.07, 6.45) is 1.74. The first-order chi connectivity index (χ1) is 11.2. The Hall–Kier alpha value is -2.49. The number of para-hydroxylation sites is 1. The van der Waals surface area contributed by atoms with Crippen molar-refractivity contribution in [2.75, 3.05) is 20.8 Å². The van der Waals surface area contributed by atoms with Crippen LogP contribution in [-0.2, 0) is 12.8 Å². The molecule has 0 saturated heterocycles. The maximum atomic E-state index is 12.0. The van der Waals surface area contributed by atoms with E-state index in [-0.39, 0.29) is 5.91 Å². The molecule has 0 spiro atoms. The summed E-state index contributed by atoms with van der Waals surface area (Å²) < 4.78 is 11.3. The quantitative estimate of drug-likeness (QED) is 0.944. The highest BCUT2D eigenvalue weighted by atomic mass is 16.5. The summed E-state index contributed by atoms with van der Waals surface area (Å²) >= 11 is 0. The molecular weight excluding hydrogens is 290 g/mol. The number of methoxy groups -OCH3 is 1. The molecule has 23 heavy (non-hydrogen) atoms. The van der Waals surface area contributed by atoms with E-state index in [4.69, 9.17) is 9.47 Å². The lowest BCUT2D eigenvalue weighted by Gasteiger charge is -2.27. The van der Waals surface area contributed by atoms with Crippen molar-refractivity contribution in [2.24, 2.45) is 5.92 Å². The first kappa shape index (κ1) is 15.4. The molecule has 1 heterocycles. The summed E-state index contributed by atoms with van der Waals surface area (Å²) in [5.74, 6) is 1.94. The highest BCUT2D eigenvalue weighted by molar-refractivity contribution is 5.95. The number of rotatable bonds is 4. The molecule has 1 aliphatic heterocycles. The maximum absolute atomic E-state index is 12.0. The molecule has 3 rings (SSSR count). The van der Waals surface area contributed by atoms with Gasteiger partial charge in [0.05, 0.1) is 13.7 Å². The van der Waals surface area contributed by atoms with Crippen molar-refractivity contribution in [3.05, 3.63) is 59.2 Å². The predicted octanol–water partition coefficient (Wildman–Crippen LogP) is 2.85. The van der Waals surface area contributed by atoms with Crippen LogP contribution in [0.1, 0.15) is 21.5 Å². The first-order valence-electron chi connectivity index (χ1n) is 7.81. The van der Waals surface area contributed by atoms with Gasteiger partial charge in [0.1, 0.15) is 0 Å². The number of hydrogen-bond donors (Lipinski definition) is 1. The number of benzene rings is 2. The Balaban J connectivity index is 1.79. The summed E-state index contributed by atoms with van der Waals surface area (Å²) in [6, 6.07) is 13.7. The van der Waals surface area contributed by atoms with E-state index >= 15 is 0 Å². The van der Waals surface area contributed by atoms with Gasteiger partial charge in [-0.1, -0.05) is 30.3 Å². The minimum absolute atomic E-state index is 0.0422. The van der Waals surface area contributed by atoms with E-state index in [1.807, 2.05) is 36.4 Å². The molecule has 1 amide bonds. The number of hydrogen-bond acceptors (Lipinski definition) is 3. The van der Waals surface area contributed by atoms with Crippen LogP contribution in [0.5, 0.6) is 11.5 Å². The Morgan fingerprint density at radius 3 is 2.87 bits per heavy atom. The van der Waals surface area contributed by atoms with E-state index in [1.54, 1.807) is 14.2 Å². The molecule has 0 saturated carbocycles. The van der Waals surface area contributed by atoms with E-state index in [9.17, 15) is 4.79 Å². The van der Waals surface area contributed by atoms with Gasteiger partial charge in [-0.25, -0.2) is 0 Å². The van der Waals surface area contributed by atoms with Gasteiger partial charge in [0, 0.05) is 18.5 Å². The van der Waals surface area contributed by atoms with Gasteiger partial charge in [-0.3, -0.25) is 4.79 Å². The van der Waals surface area contributed by atoms with E-state index in [1.165, 1.54) is 0 Å². The molecule has 0 bridgehead atoms. The number of ether oxygens (including phenoxy) is 2. The summed E-state index contributed by atoms with van der Waals surface area (Å²) in [5.41, 5.74) is 2.97. The topological polar surface area (TPSA) is 47.6 Å². The van der Waals surface area contributed by atoms with Crippen molar-refractivity contribution in [2.45, 2.75) is 12.8 Å². The van der Waals surface area contributed by atoms with E-state index in [2.05, 4.69) is 11.4 Å². The second kappa shape index (κ2) is 6.73. The van der Waals surface area contributed by atoms with Gasteiger partial charge in [0.2, 0.25) is 0 Å². The van der Waals surface area contributed by atoms with E-state index in [0.29, 0.717) is 12.5 Å². The molecule has 120 valence electrons. The fourth-order valence-corrected chi connectivity index (χ4v) is 3.11. The standard InChI is InChI=1S/C19H21NO3/c1-20-19(21)16-8-4-3-6-14(16)10-13-11-15-7-5-9-17(22-2)18(15)23-12-13/h3-9,13H,10-12H2,1-2H3,(H,20,21)/t13-/m0/s1. The Labute approximate surface area is 136 Å². The molecule has 0 aliphatic carbocycles. The third kappa shape index (κ3) is 3.16. The third-order valence-corrected chi connectivity index (χ3v) is 4.25. The monoisotopic (exact) mass is 311 g/mol. The molecule has 1 atom stereocenters. The van der Waals surface area contributed by atoms with E-state index < -0.39 is 0 Å². The summed E-state index contributed by atoms with van der Waals surface area (Å²) in [6.45, 7) is 0.634. The van der Waals surface area contributed by atoms with Gasteiger partial charge < -0.3 is 14.8 Å². The van der Waals surface area contributed by atoms with Gasteiger partial charge >= 0.3 is 0 Å². The average molecular weight is 311 g/mol. The molecular formula is C19H21NO3. The van der Waals surface area contributed by atoms with Gasteiger partial charge in [-0.15, -0.1) is 0 Å². The van der Waals surface area contributed by atoms with Crippen molar-refractivity contribution in [3.63, 3.8) is 0 Å². The second-order valence-corrected chi connectivity index (χ2v) is 5.77. The minimum Gasteiger partial charge on any atom is -0.493 e. The lowest BCUT2D eigenvalue weighted by molar-refractivity contribution is 0.0961. The zero-order valence-corrected chi connectivity index (χ0v) is 13.5. The lowest BCUT2D eigenvalue weighted by atomic mass is 9.89. The summed E-state index contributed by atoms with van der Waals surface area (Å²) in [4.78, 5) is 12.0. The van der Waals surface area contributed by atoms with Crippen molar-refractivity contribution < 1.29 is 14.3 Å². The van der Waals surface area contributed by atoms with Crippen molar-refractivity contribution in [1.82, 2.24) is 5.32 Å². The third-order valence-electron chi connectivity index (χ3n) is 4.25. The predicted molar refractivity (Wildman–Crippen MR) is 89.2 cm³/mol. The molecule has 0 fully saturated rings. The lowest BCUT2D eigenvalue weighted by Crippen LogP contribution is -2.25. The van der Waals surface area contributed by atoms with Gasteiger partial charge in [-0.2, -0.15) is 0 Å². The van der Waals surface area contributed by atoms with Crippen LogP contribution >= 0.6 is 0 Å². The van der Waals surface area contributed by atoms with Gasteiger partial charge in [0.15, 0.2) is 11.5 Å². The molecule has 0 radical (unpaired) electrons. The molecule has 2 aromatic carbocycles. The number of carbonyl (C=O) groups is 1. The van der Waals surface area contributed by atoms with Crippen LogP contribution in [0, 0.1) is 5.92 Å². The number of nitrogens with one attached hydrogen (secondary N) is 1. The Morgan fingerprint density at radius 1 is 1.26 bits per heavy atom. The molecule has 4 nitrogen and oxygen atoms in total. The normalized spacial score (nSPS) is 16.2. The highest BCUT2D eigenvalue weighted by Crippen LogP contribution is 2.36. The molecule has 1 N–H and O–H groups in total. The van der Waals surface area contributed by atoms with Crippen LogP contribution in [0.25, 0.3) is 0 Å². The summed E-state index contributed by atoms with van der Waals surface area (Å²) in [5, 5.41) is 2.70. The zero-order valence-electron chi connectivity index (χ0n) is 13.5. The second-order valence-electron chi connectivity index (χ2n) is 5.77. The minimum atomic E-state index is -0.0422. The van der Waals surface area contributed by atoms with Crippen LogP contribution < -0.4 is 14.8 Å². The Kier molecular flexibility index (Phi) is 4.51. The fraction of sp³-hybridized carbons (Fsp3) is 0.316. The average Bonchev–Trinajstić information content (AvgIpc) is 2.60. The molecule has 1 aliphatic rings. The van der Waals surface area contributed by atoms with Crippen molar-refractivity contribution >= 4 is 5.91 Å². The highest BCUT2D eigenvalue weighted by Gasteiger charge is 2.24. The van der Waals surface area contributed by atoms with Crippen LogP contribution in [0.3, 0.4) is 0 Å².